The molecule has 0 heterocycles. The molecule has 0 bridgehead atoms. The van der Waals surface area contributed by atoms with Gasteiger partial charge in [-0.05, 0) is 73.4 Å². The summed E-state index contributed by atoms with van der Waals surface area (Å²) in [7, 11) is 0. The maximum absolute atomic E-state index is 13.3. The average Bonchev–Trinajstić information content (AvgIpc) is 2.67. The van der Waals surface area contributed by atoms with E-state index >= 15 is 0 Å². The highest BCUT2D eigenvalue weighted by Crippen LogP contribution is 2.22. The van der Waals surface area contributed by atoms with Crippen LogP contribution in [0.2, 0.25) is 0 Å². The first-order valence-corrected chi connectivity index (χ1v) is 9.33. The van der Waals surface area contributed by atoms with Crippen molar-refractivity contribution in [3.63, 3.8) is 0 Å². The maximum atomic E-state index is 13.3. The lowest BCUT2D eigenvalue weighted by molar-refractivity contribution is 0.174. The fourth-order valence-electron chi connectivity index (χ4n) is 3.08. The molecule has 0 fully saturated rings. The molecule has 3 aromatic carbocycles. The molecule has 4 heteroatoms. The van der Waals surface area contributed by atoms with Crippen LogP contribution in [0.25, 0.3) is 0 Å². The molecule has 0 amide bonds. The third-order valence-electron chi connectivity index (χ3n) is 4.59. The SMILES string of the molecule is Cc1cc(F)ccc1OCC(COc1ccc(F)cc1C)Cc1ccccc1. The van der Waals surface area contributed by atoms with Gasteiger partial charge in [0, 0.05) is 5.92 Å². The number of hydrogen-bond acceptors (Lipinski definition) is 2. The minimum Gasteiger partial charge on any atom is -0.493 e. The predicted octanol–water partition coefficient (Wildman–Crippen LogP) is 5.90. The summed E-state index contributed by atoms with van der Waals surface area (Å²) < 4.78 is 38.5. The van der Waals surface area contributed by atoms with Crippen LogP contribution in [0.1, 0.15) is 16.7 Å². The largest absolute Gasteiger partial charge is 0.493 e. The topological polar surface area (TPSA) is 18.5 Å². The van der Waals surface area contributed by atoms with Crippen LogP contribution >= 0.6 is 0 Å². The Morgan fingerprint density at radius 3 is 1.68 bits per heavy atom. The van der Waals surface area contributed by atoms with E-state index in [0.717, 1.165) is 17.5 Å². The third kappa shape index (κ3) is 5.56. The van der Waals surface area contributed by atoms with Gasteiger partial charge in [0.2, 0.25) is 0 Å². The molecule has 0 N–H and O–H groups in total. The highest BCUT2D eigenvalue weighted by Gasteiger charge is 2.14. The molecule has 3 aromatic rings. The van der Waals surface area contributed by atoms with Gasteiger partial charge in [-0.15, -0.1) is 0 Å². The first-order valence-electron chi connectivity index (χ1n) is 9.33. The Labute approximate surface area is 164 Å². The van der Waals surface area contributed by atoms with Crippen LogP contribution in [0.3, 0.4) is 0 Å². The summed E-state index contributed by atoms with van der Waals surface area (Å²) in [6, 6.07) is 19.1. The Balaban J connectivity index is 1.69. The van der Waals surface area contributed by atoms with Gasteiger partial charge in [-0.3, -0.25) is 0 Å². The van der Waals surface area contributed by atoms with Gasteiger partial charge in [0.1, 0.15) is 23.1 Å². The Morgan fingerprint density at radius 1 is 0.714 bits per heavy atom. The van der Waals surface area contributed by atoms with E-state index in [1.54, 1.807) is 12.1 Å². The second kappa shape index (κ2) is 9.36. The highest BCUT2D eigenvalue weighted by atomic mass is 19.1. The third-order valence-corrected chi connectivity index (χ3v) is 4.59. The highest BCUT2D eigenvalue weighted by molar-refractivity contribution is 5.33. The summed E-state index contributed by atoms with van der Waals surface area (Å²) in [6.45, 7) is 4.51. The molecular weight excluding hydrogens is 358 g/mol. The van der Waals surface area contributed by atoms with Crippen LogP contribution in [0, 0.1) is 31.4 Å². The molecule has 146 valence electrons. The van der Waals surface area contributed by atoms with Gasteiger partial charge in [-0.25, -0.2) is 8.78 Å². The summed E-state index contributed by atoms with van der Waals surface area (Å²) in [5, 5.41) is 0. The van der Waals surface area contributed by atoms with Crippen LogP contribution in [-0.2, 0) is 6.42 Å². The number of aryl methyl sites for hydroxylation is 2. The Hall–Kier alpha value is -2.88. The van der Waals surface area contributed by atoms with E-state index in [1.165, 1.54) is 29.8 Å². The second-order valence-electron chi connectivity index (χ2n) is 7.00. The normalized spacial score (nSPS) is 10.9. The van der Waals surface area contributed by atoms with Crippen molar-refractivity contribution in [2.75, 3.05) is 13.2 Å². The molecule has 0 radical (unpaired) electrons. The van der Waals surface area contributed by atoms with Gasteiger partial charge in [0.05, 0.1) is 13.2 Å². The second-order valence-corrected chi connectivity index (χ2v) is 7.00. The van der Waals surface area contributed by atoms with E-state index in [2.05, 4.69) is 12.1 Å². The quantitative estimate of drug-likeness (QED) is 0.483. The maximum Gasteiger partial charge on any atom is 0.123 e. The van der Waals surface area contributed by atoms with Crippen LogP contribution in [0.5, 0.6) is 11.5 Å². The molecule has 0 spiro atoms. The summed E-state index contributed by atoms with van der Waals surface area (Å²) in [4.78, 5) is 0. The average molecular weight is 382 g/mol. The molecule has 0 aliphatic carbocycles. The van der Waals surface area contributed by atoms with Gasteiger partial charge < -0.3 is 9.47 Å². The van der Waals surface area contributed by atoms with Gasteiger partial charge in [0.15, 0.2) is 0 Å². The lowest BCUT2D eigenvalue weighted by Gasteiger charge is -2.20. The van der Waals surface area contributed by atoms with Crippen molar-refractivity contribution in [3.8, 4) is 11.5 Å². The Kier molecular flexibility index (Phi) is 6.64. The standard InChI is InChI=1S/C24H24F2O2/c1-17-12-21(25)8-10-23(17)27-15-20(14-19-6-4-3-5-7-19)16-28-24-11-9-22(26)13-18(24)2/h3-13,20H,14-16H2,1-2H3. The van der Waals surface area contributed by atoms with E-state index in [9.17, 15) is 8.78 Å². The van der Waals surface area contributed by atoms with E-state index in [1.807, 2.05) is 32.0 Å². The zero-order chi connectivity index (χ0) is 19.9. The number of rotatable bonds is 8. The van der Waals surface area contributed by atoms with Crippen molar-refractivity contribution in [2.45, 2.75) is 20.3 Å². The number of hydrogen-bond donors (Lipinski definition) is 0. The zero-order valence-corrected chi connectivity index (χ0v) is 16.1. The minimum absolute atomic E-state index is 0.0799. The fraction of sp³-hybridized carbons (Fsp3) is 0.250. The minimum atomic E-state index is -0.277. The van der Waals surface area contributed by atoms with Crippen molar-refractivity contribution in [2.24, 2.45) is 5.92 Å². The van der Waals surface area contributed by atoms with E-state index in [4.69, 9.17) is 9.47 Å². The van der Waals surface area contributed by atoms with E-state index in [0.29, 0.717) is 24.7 Å². The monoisotopic (exact) mass is 382 g/mol. The van der Waals surface area contributed by atoms with Crippen molar-refractivity contribution in [1.82, 2.24) is 0 Å². The molecule has 0 aromatic heterocycles. The molecule has 2 nitrogen and oxygen atoms in total. The van der Waals surface area contributed by atoms with Crippen molar-refractivity contribution in [1.29, 1.82) is 0 Å². The Morgan fingerprint density at radius 2 is 1.21 bits per heavy atom. The van der Waals surface area contributed by atoms with Crippen molar-refractivity contribution < 1.29 is 18.3 Å². The van der Waals surface area contributed by atoms with Gasteiger partial charge >= 0.3 is 0 Å². The van der Waals surface area contributed by atoms with Crippen molar-refractivity contribution in [3.05, 3.63) is 95.1 Å². The van der Waals surface area contributed by atoms with Gasteiger partial charge in [-0.2, -0.15) is 0 Å². The first kappa shape index (κ1) is 19.9. The molecule has 28 heavy (non-hydrogen) atoms. The molecule has 0 aliphatic heterocycles. The zero-order valence-electron chi connectivity index (χ0n) is 16.1. The number of benzene rings is 3. The van der Waals surface area contributed by atoms with Crippen LogP contribution in [0.4, 0.5) is 8.78 Å². The smallest absolute Gasteiger partial charge is 0.123 e. The summed E-state index contributed by atoms with van der Waals surface area (Å²) in [5.41, 5.74) is 2.70. The molecule has 0 aliphatic rings. The summed E-state index contributed by atoms with van der Waals surface area (Å²) in [6.07, 6.45) is 0.779. The number of halogens is 2. The molecule has 0 atom stereocenters. The van der Waals surface area contributed by atoms with E-state index in [-0.39, 0.29) is 17.6 Å². The summed E-state index contributed by atoms with van der Waals surface area (Å²) in [5.74, 6) is 0.854. The predicted molar refractivity (Wildman–Crippen MR) is 107 cm³/mol. The lowest BCUT2D eigenvalue weighted by Crippen LogP contribution is -2.22. The lowest BCUT2D eigenvalue weighted by atomic mass is 10.0. The molecule has 0 unspecified atom stereocenters. The van der Waals surface area contributed by atoms with E-state index < -0.39 is 0 Å². The van der Waals surface area contributed by atoms with Crippen LogP contribution in [-0.4, -0.2) is 13.2 Å². The molecular formula is C24H24F2O2. The fourth-order valence-corrected chi connectivity index (χ4v) is 3.08. The summed E-state index contributed by atoms with van der Waals surface area (Å²) >= 11 is 0. The van der Waals surface area contributed by atoms with Crippen LogP contribution < -0.4 is 9.47 Å². The molecule has 0 saturated heterocycles. The molecule has 3 rings (SSSR count). The van der Waals surface area contributed by atoms with Gasteiger partial charge in [0.25, 0.3) is 0 Å². The van der Waals surface area contributed by atoms with Crippen molar-refractivity contribution >= 4 is 0 Å². The van der Waals surface area contributed by atoms with Crippen LogP contribution in [0.15, 0.2) is 66.7 Å². The Bertz CT molecular complexity index is 854. The first-order chi connectivity index (χ1) is 13.5. The van der Waals surface area contributed by atoms with Gasteiger partial charge in [-0.1, -0.05) is 30.3 Å². The number of ether oxygens (including phenoxy) is 2. The molecule has 0 saturated carbocycles.